The summed E-state index contributed by atoms with van der Waals surface area (Å²) in [5, 5.41) is 9.76. The first-order chi connectivity index (χ1) is 21.6. The molecule has 1 fully saturated rings. The second-order valence-electron chi connectivity index (χ2n) is 10.4. The largest absolute Gasteiger partial charge is 0.491 e. The smallest absolute Gasteiger partial charge is 0.252 e. The van der Waals surface area contributed by atoms with Gasteiger partial charge in [-0.2, -0.15) is 14.6 Å². The number of carbonyl (C=O) groups excluding carboxylic acids is 1. The molecule has 0 saturated carbocycles. The fourth-order valence-electron chi connectivity index (χ4n) is 5.50. The van der Waals surface area contributed by atoms with Gasteiger partial charge in [-0.05, 0) is 42.0 Å². The zero-order valence-corrected chi connectivity index (χ0v) is 24.1. The summed E-state index contributed by atoms with van der Waals surface area (Å²) in [5.41, 5.74) is 9.16. The van der Waals surface area contributed by atoms with Gasteiger partial charge in [0.25, 0.3) is 5.91 Å². The minimum atomic E-state index is -0.745. The first kappa shape index (κ1) is 27.4. The molecule has 6 aromatic rings. The summed E-state index contributed by atoms with van der Waals surface area (Å²) in [4.78, 5) is 27.7. The Labute approximate surface area is 252 Å². The van der Waals surface area contributed by atoms with Crippen LogP contribution in [0, 0.1) is 0 Å². The van der Waals surface area contributed by atoms with Crippen molar-refractivity contribution in [3.8, 4) is 17.3 Å². The third kappa shape index (κ3) is 5.07. The number of nitrogens with two attached hydrogens (primary N) is 1. The van der Waals surface area contributed by atoms with Gasteiger partial charge in [0.15, 0.2) is 23.1 Å². The monoisotopic (exact) mass is 593 g/mol. The van der Waals surface area contributed by atoms with Crippen molar-refractivity contribution < 1.29 is 18.7 Å². The highest BCUT2D eigenvalue weighted by Crippen LogP contribution is 2.29. The normalized spacial score (nSPS) is 14.4. The number of nitrogen functional groups attached to an aromatic ring is 1. The Kier molecular flexibility index (Phi) is 7.28. The highest BCUT2D eigenvalue weighted by atomic mass is 16.5. The molecule has 13 heteroatoms. The van der Waals surface area contributed by atoms with Crippen LogP contribution in [0.1, 0.15) is 11.6 Å². The predicted octanol–water partition coefficient (Wildman–Crippen LogP) is 3.28. The van der Waals surface area contributed by atoms with Crippen LogP contribution in [-0.4, -0.2) is 86.7 Å². The lowest BCUT2D eigenvalue weighted by atomic mass is 10.0. The van der Waals surface area contributed by atoms with Crippen molar-refractivity contribution in [2.24, 2.45) is 0 Å². The van der Waals surface area contributed by atoms with Crippen molar-refractivity contribution >= 4 is 34.2 Å². The topological polar surface area (TPSA) is 142 Å². The van der Waals surface area contributed by atoms with Gasteiger partial charge in [0.2, 0.25) is 11.8 Å². The van der Waals surface area contributed by atoms with E-state index in [0.29, 0.717) is 67.7 Å². The van der Waals surface area contributed by atoms with E-state index in [1.54, 1.807) is 36.4 Å². The minimum Gasteiger partial charge on any atom is -0.491 e. The third-order valence-corrected chi connectivity index (χ3v) is 7.74. The van der Waals surface area contributed by atoms with Crippen molar-refractivity contribution in [1.29, 1.82) is 0 Å². The zero-order valence-electron chi connectivity index (χ0n) is 24.1. The molecular formula is C31H31N9O4. The molecule has 2 N–H and O–H groups in total. The number of anilines is 2. The molecule has 2 aromatic carbocycles. The van der Waals surface area contributed by atoms with Crippen LogP contribution in [-0.2, 0) is 9.53 Å². The van der Waals surface area contributed by atoms with E-state index in [2.05, 4.69) is 25.1 Å². The Morgan fingerprint density at radius 2 is 1.75 bits per heavy atom. The molecule has 0 aliphatic carbocycles. The van der Waals surface area contributed by atoms with Gasteiger partial charge in [0.05, 0.1) is 24.5 Å². The third-order valence-electron chi connectivity index (χ3n) is 7.74. The van der Waals surface area contributed by atoms with E-state index in [1.807, 2.05) is 59.5 Å². The quantitative estimate of drug-likeness (QED) is 0.248. The first-order valence-electron chi connectivity index (χ1n) is 14.3. The second-order valence-corrected chi connectivity index (χ2v) is 10.4. The average molecular weight is 594 g/mol. The number of benzene rings is 2. The number of nitrogens with zero attached hydrogens (tertiary/aromatic N) is 8. The van der Waals surface area contributed by atoms with E-state index < -0.39 is 6.04 Å². The Hall–Kier alpha value is -5.43. The maximum absolute atomic E-state index is 14.3. The number of carbonyl (C=O) groups is 1. The molecule has 7 rings (SSSR count). The minimum absolute atomic E-state index is 0.0688. The van der Waals surface area contributed by atoms with Crippen LogP contribution in [0.2, 0.25) is 0 Å². The number of fused-ring (bicyclic) bond motifs is 3. The predicted molar refractivity (Wildman–Crippen MR) is 163 cm³/mol. The standard InChI is InChI=1S/C31H31N9O4/c1-42-18-19-43-23-11-9-22(10-12-23)37-13-15-38(16-14-37)30(41)26(21-6-3-2-4-7-21)39-29-24(20-33-39)28-34-27(25-8-5-17-44-25)36-40(28)31(32)35-29/h2-12,17,20,26H,13-16,18-19H2,1H3,(H2,32,35). The summed E-state index contributed by atoms with van der Waals surface area (Å²) in [7, 11) is 1.65. The number of ether oxygens (including phenoxy) is 2. The van der Waals surface area contributed by atoms with Gasteiger partial charge in [0.1, 0.15) is 12.4 Å². The van der Waals surface area contributed by atoms with Crippen LogP contribution in [0.3, 0.4) is 0 Å². The molecule has 0 spiro atoms. The molecule has 1 aliphatic heterocycles. The zero-order chi connectivity index (χ0) is 30.0. The van der Waals surface area contributed by atoms with Gasteiger partial charge in [-0.3, -0.25) is 4.79 Å². The van der Waals surface area contributed by atoms with E-state index in [1.165, 1.54) is 4.52 Å². The Bertz CT molecular complexity index is 1880. The first-order valence-corrected chi connectivity index (χ1v) is 14.3. The van der Waals surface area contributed by atoms with Crippen molar-refractivity contribution in [2.45, 2.75) is 6.04 Å². The number of aromatic nitrogens is 6. The highest BCUT2D eigenvalue weighted by molar-refractivity contribution is 5.92. The molecule has 44 heavy (non-hydrogen) atoms. The van der Waals surface area contributed by atoms with Gasteiger partial charge >= 0.3 is 0 Å². The van der Waals surface area contributed by atoms with Gasteiger partial charge in [-0.15, -0.1) is 5.10 Å². The molecule has 5 heterocycles. The van der Waals surface area contributed by atoms with E-state index in [0.717, 1.165) is 17.0 Å². The molecule has 1 saturated heterocycles. The summed E-state index contributed by atoms with van der Waals surface area (Å²) in [6, 6.07) is 20.4. The van der Waals surface area contributed by atoms with Crippen LogP contribution in [0.4, 0.5) is 11.6 Å². The number of amides is 1. The Balaban J connectivity index is 1.16. The Morgan fingerprint density at radius 3 is 2.48 bits per heavy atom. The van der Waals surface area contributed by atoms with Crippen LogP contribution >= 0.6 is 0 Å². The average Bonchev–Trinajstić information content (AvgIpc) is 3.83. The number of hydrogen-bond donors (Lipinski definition) is 1. The lowest BCUT2D eigenvalue weighted by Gasteiger charge is -2.37. The van der Waals surface area contributed by atoms with Crippen molar-refractivity contribution in [1.82, 2.24) is 34.3 Å². The fourth-order valence-corrected chi connectivity index (χ4v) is 5.50. The molecule has 224 valence electrons. The maximum Gasteiger partial charge on any atom is 0.252 e. The van der Waals surface area contributed by atoms with Crippen LogP contribution in [0.15, 0.2) is 83.6 Å². The molecule has 1 amide bonds. The summed E-state index contributed by atoms with van der Waals surface area (Å²) >= 11 is 0. The van der Waals surface area contributed by atoms with Crippen LogP contribution in [0.5, 0.6) is 5.75 Å². The SMILES string of the molecule is COCCOc1ccc(N2CCN(C(=O)C(c3ccccc3)n3ncc4c3nc(N)n3nc(-c5ccco5)nc43)CC2)cc1. The van der Waals surface area contributed by atoms with Gasteiger partial charge in [-0.1, -0.05) is 30.3 Å². The number of furan rings is 1. The summed E-state index contributed by atoms with van der Waals surface area (Å²) in [6.45, 7) is 3.55. The molecule has 0 radical (unpaired) electrons. The molecular weight excluding hydrogens is 562 g/mol. The highest BCUT2D eigenvalue weighted by Gasteiger charge is 2.33. The molecule has 1 aliphatic rings. The van der Waals surface area contributed by atoms with Crippen molar-refractivity contribution in [3.05, 3.63) is 84.8 Å². The van der Waals surface area contributed by atoms with E-state index in [9.17, 15) is 4.79 Å². The lowest BCUT2D eigenvalue weighted by Crippen LogP contribution is -2.51. The number of hydrogen-bond acceptors (Lipinski definition) is 10. The van der Waals surface area contributed by atoms with Gasteiger partial charge in [-0.25, -0.2) is 9.67 Å². The summed E-state index contributed by atoms with van der Waals surface area (Å²) in [6.07, 6.45) is 3.21. The molecule has 1 unspecified atom stereocenters. The molecule has 13 nitrogen and oxygen atoms in total. The number of piperazine rings is 1. The molecule has 1 atom stereocenters. The maximum atomic E-state index is 14.3. The number of methoxy groups -OCH3 is 1. The molecule has 4 aromatic heterocycles. The van der Waals surface area contributed by atoms with E-state index >= 15 is 0 Å². The summed E-state index contributed by atoms with van der Waals surface area (Å²) in [5.74, 6) is 1.75. The van der Waals surface area contributed by atoms with Crippen LogP contribution in [0.25, 0.3) is 28.3 Å². The van der Waals surface area contributed by atoms with Crippen LogP contribution < -0.4 is 15.4 Å². The van der Waals surface area contributed by atoms with Crippen molar-refractivity contribution in [2.75, 3.05) is 57.1 Å². The van der Waals surface area contributed by atoms with E-state index in [4.69, 9.17) is 19.6 Å². The van der Waals surface area contributed by atoms with Gasteiger partial charge < -0.3 is 29.4 Å². The second kappa shape index (κ2) is 11.7. The van der Waals surface area contributed by atoms with Crippen molar-refractivity contribution in [3.63, 3.8) is 0 Å². The lowest BCUT2D eigenvalue weighted by molar-refractivity contribution is -0.134. The molecule has 0 bridgehead atoms. The Morgan fingerprint density at radius 1 is 0.955 bits per heavy atom. The number of rotatable bonds is 9. The van der Waals surface area contributed by atoms with E-state index in [-0.39, 0.29) is 11.9 Å². The summed E-state index contributed by atoms with van der Waals surface area (Å²) < 4.78 is 19.3. The fraction of sp³-hybridized carbons (Fsp3) is 0.258. The van der Waals surface area contributed by atoms with Gasteiger partial charge in [0, 0.05) is 39.0 Å².